The minimum Gasteiger partial charge on any atom is -0.391 e. The lowest BCUT2D eigenvalue weighted by Gasteiger charge is -2.11. The summed E-state index contributed by atoms with van der Waals surface area (Å²) in [6.45, 7) is 5.45. The largest absolute Gasteiger partial charge is 0.391 e. The van der Waals surface area contributed by atoms with Crippen LogP contribution in [0.15, 0.2) is 0 Å². The predicted octanol–water partition coefficient (Wildman–Crippen LogP) is 0.382. The summed E-state index contributed by atoms with van der Waals surface area (Å²) in [5.41, 5.74) is 0. The van der Waals surface area contributed by atoms with E-state index in [9.17, 15) is 5.11 Å². The van der Waals surface area contributed by atoms with Crippen LogP contribution >= 0.6 is 0 Å². The summed E-state index contributed by atoms with van der Waals surface area (Å²) in [5.74, 6) is 0. The van der Waals surface area contributed by atoms with Crippen LogP contribution in [0.3, 0.4) is 0 Å². The number of rotatable bonds is 6. The Bertz CT molecular complexity index is 86.2. The summed E-state index contributed by atoms with van der Waals surface area (Å²) in [6, 6.07) is 0.491. The molecule has 0 saturated carbocycles. The average Bonchev–Trinajstić information content (AvgIpc) is 1.87. The molecule has 1 unspecified atom stereocenters. The zero-order valence-corrected chi connectivity index (χ0v) is 7.63. The van der Waals surface area contributed by atoms with Gasteiger partial charge in [-0.2, -0.15) is 0 Å². The van der Waals surface area contributed by atoms with Crippen molar-refractivity contribution in [2.75, 3.05) is 20.3 Å². The van der Waals surface area contributed by atoms with Crippen molar-refractivity contribution >= 4 is 0 Å². The molecule has 2 N–H and O–H groups in total. The summed E-state index contributed by atoms with van der Waals surface area (Å²) in [5, 5.41) is 12.4. The van der Waals surface area contributed by atoms with Crippen molar-refractivity contribution in [2.45, 2.75) is 32.4 Å². The topological polar surface area (TPSA) is 41.5 Å². The van der Waals surface area contributed by atoms with Gasteiger partial charge in [0, 0.05) is 13.2 Å². The second kappa shape index (κ2) is 6.58. The fraction of sp³-hybridized carbons (Fsp3) is 1.00. The highest BCUT2D eigenvalue weighted by Crippen LogP contribution is 1.90. The number of aliphatic hydroxyl groups excluding tert-OH is 1. The van der Waals surface area contributed by atoms with Gasteiger partial charge in [0.05, 0.1) is 12.7 Å². The number of hydrogen-bond acceptors (Lipinski definition) is 3. The van der Waals surface area contributed by atoms with Gasteiger partial charge in [0.15, 0.2) is 0 Å². The van der Waals surface area contributed by atoms with Crippen molar-refractivity contribution in [3.63, 3.8) is 0 Å². The molecule has 0 amide bonds. The molecule has 11 heavy (non-hydrogen) atoms. The van der Waals surface area contributed by atoms with Crippen LogP contribution < -0.4 is 5.32 Å². The molecular weight excluding hydrogens is 142 g/mol. The highest BCUT2D eigenvalue weighted by Gasteiger charge is 2.02. The monoisotopic (exact) mass is 161 g/mol. The van der Waals surface area contributed by atoms with Crippen LogP contribution in [0.2, 0.25) is 0 Å². The minimum absolute atomic E-state index is 0.328. The molecule has 0 aliphatic rings. The van der Waals surface area contributed by atoms with Crippen LogP contribution in [-0.2, 0) is 4.74 Å². The molecule has 3 heteroatoms. The molecule has 0 bridgehead atoms. The zero-order chi connectivity index (χ0) is 8.69. The third-order valence-corrected chi connectivity index (χ3v) is 1.39. The van der Waals surface area contributed by atoms with Crippen molar-refractivity contribution < 1.29 is 9.84 Å². The first-order chi connectivity index (χ1) is 5.16. The number of ether oxygens (including phenoxy) is 1. The van der Waals surface area contributed by atoms with Crippen molar-refractivity contribution in [3.05, 3.63) is 0 Å². The third-order valence-electron chi connectivity index (χ3n) is 1.39. The smallest absolute Gasteiger partial charge is 0.0785 e. The van der Waals surface area contributed by atoms with Gasteiger partial charge in [-0.25, -0.2) is 0 Å². The summed E-state index contributed by atoms with van der Waals surface area (Å²) in [7, 11) is 1.60. The molecule has 0 rings (SSSR count). The van der Waals surface area contributed by atoms with E-state index in [0.717, 1.165) is 13.0 Å². The van der Waals surface area contributed by atoms with Crippen LogP contribution in [0.5, 0.6) is 0 Å². The maximum Gasteiger partial charge on any atom is 0.0785 e. The van der Waals surface area contributed by atoms with E-state index >= 15 is 0 Å². The van der Waals surface area contributed by atoms with Gasteiger partial charge < -0.3 is 15.2 Å². The lowest BCUT2D eigenvalue weighted by Crippen LogP contribution is -2.28. The standard InChI is InChI=1S/C8H19NO2/c1-7(2)9-5-4-8(10)6-11-3/h7-10H,4-6H2,1-3H3. The van der Waals surface area contributed by atoms with Gasteiger partial charge >= 0.3 is 0 Å². The summed E-state index contributed by atoms with van der Waals surface area (Å²) in [4.78, 5) is 0. The zero-order valence-electron chi connectivity index (χ0n) is 7.63. The van der Waals surface area contributed by atoms with Crippen molar-refractivity contribution in [1.29, 1.82) is 0 Å². The van der Waals surface area contributed by atoms with Gasteiger partial charge in [-0.15, -0.1) is 0 Å². The molecule has 0 fully saturated rings. The first-order valence-corrected chi connectivity index (χ1v) is 4.07. The second-order valence-electron chi connectivity index (χ2n) is 3.01. The Morgan fingerprint density at radius 3 is 2.55 bits per heavy atom. The highest BCUT2D eigenvalue weighted by molar-refractivity contribution is 4.58. The highest BCUT2D eigenvalue weighted by atomic mass is 16.5. The van der Waals surface area contributed by atoms with E-state index < -0.39 is 0 Å². The molecule has 0 spiro atoms. The van der Waals surface area contributed by atoms with E-state index in [1.54, 1.807) is 7.11 Å². The average molecular weight is 161 g/mol. The van der Waals surface area contributed by atoms with Crippen LogP contribution in [-0.4, -0.2) is 37.5 Å². The maximum absolute atomic E-state index is 9.20. The Kier molecular flexibility index (Phi) is 6.51. The molecule has 0 heterocycles. The van der Waals surface area contributed by atoms with E-state index in [-0.39, 0.29) is 6.10 Å². The Morgan fingerprint density at radius 2 is 2.09 bits per heavy atom. The number of hydrogen-bond donors (Lipinski definition) is 2. The molecule has 0 aromatic heterocycles. The van der Waals surface area contributed by atoms with E-state index in [0.29, 0.717) is 12.6 Å². The van der Waals surface area contributed by atoms with E-state index in [1.165, 1.54) is 0 Å². The molecule has 0 radical (unpaired) electrons. The van der Waals surface area contributed by atoms with Crippen LogP contribution in [0.4, 0.5) is 0 Å². The van der Waals surface area contributed by atoms with E-state index in [1.807, 2.05) is 0 Å². The van der Waals surface area contributed by atoms with Crippen LogP contribution in [0, 0.1) is 0 Å². The molecule has 68 valence electrons. The Labute approximate surface area is 68.8 Å². The predicted molar refractivity (Wildman–Crippen MR) is 45.6 cm³/mol. The first-order valence-electron chi connectivity index (χ1n) is 4.07. The summed E-state index contributed by atoms with van der Waals surface area (Å²) in [6.07, 6.45) is 0.428. The molecule has 3 nitrogen and oxygen atoms in total. The number of aliphatic hydroxyl groups is 1. The fourth-order valence-corrected chi connectivity index (χ4v) is 0.814. The SMILES string of the molecule is COCC(O)CCNC(C)C. The van der Waals surface area contributed by atoms with Gasteiger partial charge in [0.25, 0.3) is 0 Å². The van der Waals surface area contributed by atoms with Gasteiger partial charge in [-0.05, 0) is 13.0 Å². The summed E-state index contributed by atoms with van der Waals surface area (Å²) < 4.78 is 4.78. The fourth-order valence-electron chi connectivity index (χ4n) is 0.814. The number of methoxy groups -OCH3 is 1. The van der Waals surface area contributed by atoms with E-state index in [2.05, 4.69) is 19.2 Å². The van der Waals surface area contributed by atoms with Gasteiger partial charge in [0.1, 0.15) is 0 Å². The minimum atomic E-state index is -0.328. The maximum atomic E-state index is 9.20. The molecule has 0 saturated heterocycles. The molecular formula is C8H19NO2. The lowest BCUT2D eigenvalue weighted by atomic mass is 10.2. The second-order valence-corrected chi connectivity index (χ2v) is 3.01. The molecule has 0 aliphatic carbocycles. The first kappa shape index (κ1) is 10.9. The van der Waals surface area contributed by atoms with E-state index in [4.69, 9.17) is 4.74 Å². The Morgan fingerprint density at radius 1 is 1.45 bits per heavy atom. The normalized spacial score (nSPS) is 13.9. The van der Waals surface area contributed by atoms with Crippen molar-refractivity contribution in [2.24, 2.45) is 0 Å². The summed E-state index contributed by atoms with van der Waals surface area (Å²) >= 11 is 0. The van der Waals surface area contributed by atoms with Crippen molar-refractivity contribution in [3.8, 4) is 0 Å². The molecule has 0 aliphatic heterocycles. The van der Waals surface area contributed by atoms with Gasteiger partial charge in [-0.1, -0.05) is 13.8 Å². The Balaban J connectivity index is 3.10. The molecule has 1 atom stereocenters. The van der Waals surface area contributed by atoms with Gasteiger partial charge in [0.2, 0.25) is 0 Å². The molecule has 0 aromatic carbocycles. The van der Waals surface area contributed by atoms with Crippen LogP contribution in [0.1, 0.15) is 20.3 Å². The van der Waals surface area contributed by atoms with Gasteiger partial charge in [-0.3, -0.25) is 0 Å². The quantitative estimate of drug-likeness (QED) is 0.592. The lowest BCUT2D eigenvalue weighted by molar-refractivity contribution is 0.0591. The van der Waals surface area contributed by atoms with Crippen molar-refractivity contribution in [1.82, 2.24) is 5.32 Å². The Hall–Kier alpha value is -0.120. The van der Waals surface area contributed by atoms with Crippen LogP contribution in [0.25, 0.3) is 0 Å². The number of nitrogens with one attached hydrogen (secondary N) is 1. The third kappa shape index (κ3) is 7.78. The molecule has 0 aromatic rings.